The Labute approximate surface area is 211 Å². The van der Waals surface area contributed by atoms with Gasteiger partial charge in [0.15, 0.2) is 0 Å². The highest BCUT2D eigenvalue weighted by atomic mass is 127. The molecule has 3 aromatic rings. The smallest absolute Gasteiger partial charge is 0.236 e. The minimum atomic E-state index is -0.0557. The van der Waals surface area contributed by atoms with Gasteiger partial charge in [-0.1, -0.05) is 84.1 Å². The second kappa shape index (κ2) is 11.7. The third-order valence-corrected chi connectivity index (χ3v) is 7.55. The third kappa shape index (κ3) is 6.01. The second-order valence-corrected chi connectivity index (χ2v) is 9.45. The van der Waals surface area contributed by atoms with Gasteiger partial charge in [0.2, 0.25) is 5.91 Å². The lowest BCUT2D eigenvalue weighted by atomic mass is 9.86. The van der Waals surface area contributed by atoms with E-state index >= 15 is 0 Å². The number of amides is 1. The van der Waals surface area contributed by atoms with Gasteiger partial charge in [0.05, 0.1) is 12.6 Å². The molecule has 0 spiro atoms. The molecule has 1 fully saturated rings. The molecule has 172 valence electrons. The van der Waals surface area contributed by atoms with E-state index in [1.165, 1.54) is 16.7 Å². The quantitative estimate of drug-likeness (QED) is 0.289. The predicted molar refractivity (Wildman–Crippen MR) is 143 cm³/mol. The van der Waals surface area contributed by atoms with E-state index in [4.69, 9.17) is 0 Å². The van der Waals surface area contributed by atoms with Crippen molar-refractivity contribution in [3.8, 4) is 0 Å². The Morgan fingerprint density at radius 1 is 1.06 bits per heavy atom. The highest BCUT2D eigenvalue weighted by Gasteiger charge is 2.25. The number of nitrogens with zero attached hydrogens (tertiary/aromatic N) is 2. The van der Waals surface area contributed by atoms with Gasteiger partial charge in [0, 0.05) is 29.9 Å². The monoisotopic (exact) mass is 553 g/mol. The number of aryl methyl sites for hydroxylation is 1. The summed E-state index contributed by atoms with van der Waals surface area (Å²) in [6, 6.07) is 21.4. The average Bonchev–Trinajstić information content (AvgIpc) is 2.89. The number of benzene rings is 2. The molecule has 1 N–H and O–H groups in total. The van der Waals surface area contributed by atoms with Gasteiger partial charge in [-0.05, 0) is 59.1 Å². The van der Waals surface area contributed by atoms with E-state index in [0.717, 1.165) is 47.9 Å². The molecule has 1 aliphatic rings. The highest BCUT2D eigenvalue weighted by Crippen LogP contribution is 2.31. The number of piperidine rings is 1. The van der Waals surface area contributed by atoms with Crippen LogP contribution >= 0.6 is 22.6 Å². The van der Waals surface area contributed by atoms with Crippen molar-refractivity contribution >= 4 is 28.5 Å². The number of hydrogen-bond acceptors (Lipinski definition) is 3. The molecule has 33 heavy (non-hydrogen) atoms. The molecule has 1 aromatic heterocycles. The molecule has 1 amide bonds. The molecule has 0 saturated carbocycles. The predicted octanol–water partition coefficient (Wildman–Crippen LogP) is 5.66. The van der Waals surface area contributed by atoms with Gasteiger partial charge in [-0.3, -0.25) is 15.1 Å². The fourth-order valence-electron chi connectivity index (χ4n) is 4.77. The van der Waals surface area contributed by atoms with Crippen LogP contribution in [0.25, 0.3) is 0 Å². The van der Waals surface area contributed by atoms with Crippen LogP contribution in [0.3, 0.4) is 0 Å². The van der Waals surface area contributed by atoms with Crippen molar-refractivity contribution in [1.29, 1.82) is 0 Å². The fraction of sp³-hybridized carbons (Fsp3) is 0.357. The van der Waals surface area contributed by atoms with E-state index in [2.05, 4.69) is 94.4 Å². The molecule has 5 heteroatoms. The first-order chi connectivity index (χ1) is 16.2. The largest absolute Gasteiger partial charge is 0.342 e. The van der Waals surface area contributed by atoms with E-state index in [1.54, 1.807) is 6.20 Å². The Morgan fingerprint density at radius 2 is 1.82 bits per heavy atom. The summed E-state index contributed by atoms with van der Waals surface area (Å²) in [6.45, 7) is 4.19. The van der Waals surface area contributed by atoms with Gasteiger partial charge in [0.1, 0.15) is 0 Å². The summed E-state index contributed by atoms with van der Waals surface area (Å²) in [5.41, 5.74) is 6.43. The molecule has 4 rings (SSSR count). The molecule has 4 nitrogen and oxygen atoms in total. The topological polar surface area (TPSA) is 45.2 Å². The SMILES string of the molecule is CCc1ccccc1C1CCN(C(=O)CNC(c2ccc(CI)cc2)c2cccnc2)CC1. The van der Waals surface area contributed by atoms with Crippen LogP contribution in [-0.4, -0.2) is 35.4 Å². The van der Waals surface area contributed by atoms with Crippen LogP contribution in [0.4, 0.5) is 0 Å². The lowest BCUT2D eigenvalue weighted by Crippen LogP contribution is -2.43. The minimum Gasteiger partial charge on any atom is -0.342 e. The third-order valence-electron chi connectivity index (χ3n) is 6.67. The van der Waals surface area contributed by atoms with Crippen molar-refractivity contribution in [3.05, 3.63) is 101 Å². The number of hydrogen-bond donors (Lipinski definition) is 1. The summed E-state index contributed by atoms with van der Waals surface area (Å²) in [5, 5.41) is 3.51. The van der Waals surface area contributed by atoms with Crippen molar-refractivity contribution in [2.24, 2.45) is 0 Å². The summed E-state index contributed by atoms with van der Waals surface area (Å²) in [6.07, 6.45) is 6.80. The van der Waals surface area contributed by atoms with E-state index in [-0.39, 0.29) is 11.9 Å². The van der Waals surface area contributed by atoms with Crippen LogP contribution in [0.2, 0.25) is 0 Å². The molecule has 2 aromatic carbocycles. The van der Waals surface area contributed by atoms with Crippen molar-refractivity contribution in [3.63, 3.8) is 0 Å². The van der Waals surface area contributed by atoms with E-state index < -0.39 is 0 Å². The minimum absolute atomic E-state index is 0.0557. The molecule has 2 heterocycles. The maximum Gasteiger partial charge on any atom is 0.236 e. The normalized spacial score (nSPS) is 15.4. The molecular weight excluding hydrogens is 521 g/mol. The number of halogens is 1. The molecule has 1 saturated heterocycles. The van der Waals surface area contributed by atoms with Crippen molar-refractivity contribution in [1.82, 2.24) is 15.2 Å². The van der Waals surface area contributed by atoms with Crippen LogP contribution in [-0.2, 0) is 15.6 Å². The van der Waals surface area contributed by atoms with Gasteiger partial charge < -0.3 is 4.90 Å². The van der Waals surface area contributed by atoms with E-state index in [0.29, 0.717) is 12.5 Å². The van der Waals surface area contributed by atoms with Gasteiger partial charge in [-0.2, -0.15) is 0 Å². The lowest BCUT2D eigenvalue weighted by Gasteiger charge is -2.33. The Balaban J connectivity index is 1.38. The summed E-state index contributed by atoms with van der Waals surface area (Å²) in [4.78, 5) is 19.4. The molecule has 0 bridgehead atoms. The Hall–Kier alpha value is -2.25. The fourth-order valence-corrected chi connectivity index (χ4v) is 5.28. The van der Waals surface area contributed by atoms with E-state index in [9.17, 15) is 4.79 Å². The zero-order valence-electron chi connectivity index (χ0n) is 19.2. The zero-order chi connectivity index (χ0) is 23.0. The number of alkyl halides is 1. The molecule has 0 aliphatic carbocycles. The maximum atomic E-state index is 13.1. The van der Waals surface area contributed by atoms with Crippen molar-refractivity contribution < 1.29 is 4.79 Å². The number of aromatic nitrogens is 1. The van der Waals surface area contributed by atoms with Crippen molar-refractivity contribution in [2.45, 2.75) is 42.6 Å². The molecular formula is C28H32IN3O. The number of likely N-dealkylation sites (tertiary alicyclic amines) is 1. The van der Waals surface area contributed by atoms with Gasteiger partial charge in [0.25, 0.3) is 0 Å². The van der Waals surface area contributed by atoms with Crippen LogP contribution in [0.5, 0.6) is 0 Å². The molecule has 1 atom stereocenters. The standard InChI is InChI=1S/C28H32IN3O/c1-2-22-6-3-4-8-26(22)23-13-16-32(17-14-23)27(33)20-31-28(25-7-5-15-30-19-25)24-11-9-21(18-29)10-12-24/h3-12,15,19,23,28,31H,2,13-14,16-18,20H2,1H3. The number of nitrogens with one attached hydrogen (secondary N) is 1. The number of carbonyl (C=O) groups excluding carboxylic acids is 1. The van der Waals surface area contributed by atoms with Gasteiger partial charge in [-0.25, -0.2) is 0 Å². The Kier molecular flexibility index (Phi) is 8.51. The summed E-state index contributed by atoms with van der Waals surface area (Å²) in [7, 11) is 0. The van der Waals surface area contributed by atoms with Crippen molar-refractivity contribution in [2.75, 3.05) is 19.6 Å². The first-order valence-electron chi connectivity index (χ1n) is 11.8. The summed E-state index contributed by atoms with van der Waals surface area (Å²) >= 11 is 2.38. The van der Waals surface area contributed by atoms with Crippen LogP contribution in [0.1, 0.15) is 59.5 Å². The first-order valence-corrected chi connectivity index (χ1v) is 13.4. The number of rotatable bonds is 8. The molecule has 1 aliphatic heterocycles. The van der Waals surface area contributed by atoms with Gasteiger partial charge in [-0.15, -0.1) is 0 Å². The Morgan fingerprint density at radius 3 is 2.48 bits per heavy atom. The maximum absolute atomic E-state index is 13.1. The second-order valence-electron chi connectivity index (χ2n) is 8.68. The highest BCUT2D eigenvalue weighted by molar-refractivity contribution is 14.1. The molecule has 0 radical (unpaired) electrons. The number of carbonyl (C=O) groups is 1. The van der Waals surface area contributed by atoms with Gasteiger partial charge >= 0.3 is 0 Å². The first kappa shape index (κ1) is 23.9. The lowest BCUT2D eigenvalue weighted by molar-refractivity contribution is -0.131. The van der Waals surface area contributed by atoms with E-state index in [1.807, 2.05) is 17.2 Å². The average molecular weight is 553 g/mol. The Bertz CT molecular complexity index is 1030. The number of pyridine rings is 1. The molecule has 1 unspecified atom stereocenters. The van der Waals surface area contributed by atoms with Crippen LogP contribution in [0, 0.1) is 0 Å². The van der Waals surface area contributed by atoms with Crippen LogP contribution < -0.4 is 5.32 Å². The van der Waals surface area contributed by atoms with Crippen LogP contribution in [0.15, 0.2) is 73.1 Å². The summed E-state index contributed by atoms with van der Waals surface area (Å²) in [5.74, 6) is 0.729. The zero-order valence-corrected chi connectivity index (χ0v) is 21.4. The summed E-state index contributed by atoms with van der Waals surface area (Å²) < 4.78 is 0.986.